The molecule has 2 heterocycles. The lowest BCUT2D eigenvalue weighted by atomic mass is 10.0. The van der Waals surface area contributed by atoms with Crippen LogP contribution in [-0.2, 0) is 6.54 Å². The van der Waals surface area contributed by atoms with Gasteiger partial charge in [-0.3, -0.25) is 0 Å². The van der Waals surface area contributed by atoms with Crippen LogP contribution in [0.2, 0.25) is 5.02 Å². The highest BCUT2D eigenvalue weighted by Crippen LogP contribution is 2.28. The van der Waals surface area contributed by atoms with Gasteiger partial charge in [0.25, 0.3) is 0 Å². The molecule has 2 aromatic carbocycles. The second-order valence-corrected chi connectivity index (χ2v) is 7.50. The van der Waals surface area contributed by atoms with Gasteiger partial charge < -0.3 is 16.0 Å². The van der Waals surface area contributed by atoms with Gasteiger partial charge in [0.2, 0.25) is 0 Å². The first-order chi connectivity index (χ1) is 15.1. The zero-order valence-corrected chi connectivity index (χ0v) is 17.9. The Labute approximate surface area is 186 Å². The summed E-state index contributed by atoms with van der Waals surface area (Å²) in [5.41, 5.74) is 4.39. The highest BCUT2D eigenvalue weighted by molar-refractivity contribution is 6.36. The van der Waals surface area contributed by atoms with Crippen molar-refractivity contribution in [1.82, 2.24) is 25.2 Å². The van der Waals surface area contributed by atoms with Crippen molar-refractivity contribution in [3.05, 3.63) is 77.4 Å². The van der Waals surface area contributed by atoms with Crippen LogP contribution in [0.15, 0.2) is 66.9 Å². The van der Waals surface area contributed by atoms with Gasteiger partial charge in [-0.25, -0.2) is 9.78 Å². The Morgan fingerprint density at radius 2 is 1.81 bits per heavy atom. The number of nitrogens with one attached hydrogen (secondary N) is 3. The van der Waals surface area contributed by atoms with Gasteiger partial charge in [-0.1, -0.05) is 60.1 Å². The first-order valence-corrected chi connectivity index (χ1v) is 10.4. The van der Waals surface area contributed by atoms with Crippen molar-refractivity contribution in [2.75, 3.05) is 18.4 Å². The zero-order valence-electron chi connectivity index (χ0n) is 17.1. The van der Waals surface area contributed by atoms with E-state index in [9.17, 15) is 4.79 Å². The van der Waals surface area contributed by atoms with Gasteiger partial charge >= 0.3 is 6.03 Å². The lowest BCUT2D eigenvalue weighted by Crippen LogP contribution is -2.37. The summed E-state index contributed by atoms with van der Waals surface area (Å²) in [6.07, 6.45) is 1.78. The van der Waals surface area contributed by atoms with Gasteiger partial charge in [0.1, 0.15) is 13.7 Å². The van der Waals surface area contributed by atoms with Crippen LogP contribution in [0.4, 0.5) is 10.6 Å². The normalized spacial score (nSPS) is 10.7. The van der Waals surface area contributed by atoms with Crippen LogP contribution < -0.4 is 21.4 Å². The van der Waals surface area contributed by atoms with Crippen LogP contribution in [0.1, 0.15) is 5.56 Å². The third-order valence-corrected chi connectivity index (χ3v) is 5.14. The molecule has 0 fully saturated rings. The number of urea groups is 1. The number of nitrogens with zero attached hydrogens (tertiary/aromatic N) is 3. The molecule has 156 valence electrons. The van der Waals surface area contributed by atoms with Gasteiger partial charge in [0, 0.05) is 42.5 Å². The van der Waals surface area contributed by atoms with E-state index in [1.165, 1.54) is 0 Å². The van der Waals surface area contributed by atoms with Crippen molar-refractivity contribution in [2.24, 2.45) is 0 Å². The molecule has 3 N–H and O–H groups in total. The minimum atomic E-state index is -0.211. The van der Waals surface area contributed by atoms with E-state index in [1.54, 1.807) is 10.7 Å². The van der Waals surface area contributed by atoms with Gasteiger partial charge in [0.05, 0.1) is 5.69 Å². The Kier molecular flexibility index (Phi) is 6.38. The van der Waals surface area contributed by atoms with Crippen molar-refractivity contribution >= 4 is 42.4 Å². The molecule has 0 radical (unpaired) electrons. The molecule has 31 heavy (non-hydrogen) atoms. The largest absolute Gasteiger partial charge is 0.368 e. The first-order valence-electron chi connectivity index (χ1n) is 10.0. The standard InChI is InChI=1S/C22H22BClN6O/c23-17-14-28-30-20(12-19(29-21(17)30)16-8-4-5-9-18(16)24)25-10-11-26-22(31)27-13-15-6-2-1-3-7-15/h1-9,12,14,25H,10-11,13,23H2,(H2,26,27,31). The Bertz CT molecular complexity index is 1200. The van der Waals surface area contributed by atoms with Gasteiger partial charge in [0.15, 0.2) is 5.65 Å². The summed E-state index contributed by atoms with van der Waals surface area (Å²) < 4.78 is 1.76. The molecule has 4 rings (SSSR count). The van der Waals surface area contributed by atoms with Gasteiger partial charge in [-0.2, -0.15) is 9.61 Å². The molecule has 0 spiro atoms. The number of benzene rings is 2. The lowest BCUT2D eigenvalue weighted by molar-refractivity contribution is 0.241. The molecule has 0 aliphatic rings. The van der Waals surface area contributed by atoms with Gasteiger partial charge in [-0.15, -0.1) is 0 Å². The summed E-state index contributed by atoms with van der Waals surface area (Å²) in [5.74, 6) is 0.777. The van der Waals surface area contributed by atoms with Crippen LogP contribution in [0.5, 0.6) is 0 Å². The molecule has 7 nitrogen and oxygen atoms in total. The summed E-state index contributed by atoms with van der Waals surface area (Å²) in [4.78, 5) is 16.8. The number of carbonyl (C=O) groups is 1. The topological polar surface area (TPSA) is 83.3 Å². The second-order valence-electron chi connectivity index (χ2n) is 7.09. The molecule has 0 saturated carbocycles. The fraction of sp³-hybridized carbons (Fsp3) is 0.136. The first kappa shape index (κ1) is 20.7. The van der Waals surface area contributed by atoms with E-state index in [2.05, 4.69) is 21.0 Å². The Morgan fingerprint density at radius 3 is 2.61 bits per heavy atom. The molecule has 2 amide bonds. The molecule has 4 aromatic rings. The molecular formula is C22H22BClN6O. The lowest BCUT2D eigenvalue weighted by Gasteiger charge is -2.12. The third-order valence-electron chi connectivity index (χ3n) is 4.81. The predicted molar refractivity (Wildman–Crippen MR) is 127 cm³/mol. The van der Waals surface area contributed by atoms with E-state index in [0.717, 1.165) is 33.7 Å². The number of anilines is 1. The summed E-state index contributed by atoms with van der Waals surface area (Å²) in [5, 5.41) is 14.1. The number of hydrogen-bond donors (Lipinski definition) is 3. The van der Waals surface area contributed by atoms with Crippen LogP contribution in [0.25, 0.3) is 16.9 Å². The summed E-state index contributed by atoms with van der Waals surface area (Å²) in [7, 11) is 1.97. The van der Waals surface area contributed by atoms with Crippen LogP contribution in [-0.4, -0.2) is 41.6 Å². The monoisotopic (exact) mass is 432 g/mol. The number of rotatable bonds is 7. The van der Waals surface area contributed by atoms with E-state index in [4.69, 9.17) is 16.6 Å². The highest BCUT2D eigenvalue weighted by atomic mass is 35.5. The summed E-state index contributed by atoms with van der Waals surface area (Å²) in [6, 6.07) is 19.1. The second kappa shape index (κ2) is 9.53. The van der Waals surface area contributed by atoms with E-state index in [0.29, 0.717) is 24.7 Å². The van der Waals surface area contributed by atoms with Crippen molar-refractivity contribution in [2.45, 2.75) is 6.54 Å². The Hall–Kier alpha value is -3.52. The van der Waals surface area contributed by atoms with Crippen LogP contribution >= 0.6 is 11.6 Å². The fourth-order valence-electron chi connectivity index (χ4n) is 3.21. The van der Waals surface area contributed by atoms with E-state index < -0.39 is 0 Å². The maximum atomic E-state index is 12.0. The molecule has 0 aliphatic heterocycles. The van der Waals surface area contributed by atoms with Crippen LogP contribution in [0.3, 0.4) is 0 Å². The maximum absolute atomic E-state index is 12.0. The molecular weight excluding hydrogens is 411 g/mol. The van der Waals surface area contributed by atoms with Crippen molar-refractivity contribution in [1.29, 1.82) is 0 Å². The summed E-state index contributed by atoms with van der Waals surface area (Å²) >= 11 is 6.37. The van der Waals surface area contributed by atoms with E-state index in [1.807, 2.05) is 68.5 Å². The van der Waals surface area contributed by atoms with Crippen molar-refractivity contribution in [3.63, 3.8) is 0 Å². The smallest absolute Gasteiger partial charge is 0.315 e. The maximum Gasteiger partial charge on any atom is 0.315 e. The van der Waals surface area contributed by atoms with Crippen molar-refractivity contribution < 1.29 is 4.79 Å². The number of fused-ring (bicyclic) bond motifs is 1. The minimum absolute atomic E-state index is 0.211. The number of amides is 2. The average molecular weight is 433 g/mol. The molecule has 0 saturated heterocycles. The predicted octanol–water partition coefficient (Wildman–Crippen LogP) is 2.22. The SMILES string of the molecule is Bc1cnn2c(NCCNC(=O)NCc3ccccc3)cc(-c3ccccc3Cl)nc12. The van der Waals surface area contributed by atoms with Gasteiger partial charge in [-0.05, 0) is 17.1 Å². The highest BCUT2D eigenvalue weighted by Gasteiger charge is 2.12. The molecule has 9 heteroatoms. The number of halogens is 1. The Balaban J connectivity index is 1.40. The average Bonchev–Trinajstić information content (AvgIpc) is 3.17. The fourth-order valence-corrected chi connectivity index (χ4v) is 3.45. The Morgan fingerprint density at radius 1 is 1.03 bits per heavy atom. The van der Waals surface area contributed by atoms with Crippen molar-refractivity contribution in [3.8, 4) is 11.3 Å². The number of hydrogen-bond acceptors (Lipinski definition) is 4. The quantitative estimate of drug-likeness (QED) is 0.309. The third kappa shape index (κ3) is 4.98. The molecule has 0 unspecified atom stereocenters. The minimum Gasteiger partial charge on any atom is -0.368 e. The number of aromatic nitrogens is 3. The molecule has 0 aliphatic carbocycles. The van der Waals surface area contributed by atoms with E-state index >= 15 is 0 Å². The molecule has 0 bridgehead atoms. The molecule has 0 atom stereocenters. The molecule has 2 aromatic heterocycles. The summed E-state index contributed by atoms with van der Waals surface area (Å²) in [6.45, 7) is 1.46. The van der Waals surface area contributed by atoms with Crippen LogP contribution in [0, 0.1) is 0 Å². The van der Waals surface area contributed by atoms with E-state index in [-0.39, 0.29) is 6.03 Å². The number of carbonyl (C=O) groups excluding carboxylic acids is 1. The zero-order chi connectivity index (χ0) is 21.6.